The maximum absolute atomic E-state index is 6.00. The number of anilines is 1. The van der Waals surface area contributed by atoms with Gasteiger partial charge in [0.05, 0.1) is 5.39 Å². The van der Waals surface area contributed by atoms with Crippen molar-refractivity contribution in [3.05, 3.63) is 54.5 Å². The van der Waals surface area contributed by atoms with E-state index in [1.165, 1.54) is 24.6 Å². The normalized spacial score (nSPS) is 23.5. The first-order valence-corrected chi connectivity index (χ1v) is 16.4. The van der Waals surface area contributed by atoms with Crippen molar-refractivity contribution in [1.82, 2.24) is 19.4 Å². The highest BCUT2D eigenvalue weighted by molar-refractivity contribution is 6.76. The number of piperidine rings is 1. The largest absolute Gasteiger partial charge is 0.361 e. The fourth-order valence-electron chi connectivity index (χ4n) is 5.71. The Labute approximate surface area is 205 Å². The van der Waals surface area contributed by atoms with Crippen molar-refractivity contribution in [2.24, 2.45) is 11.3 Å². The Hall–Kier alpha value is -2.22. The summed E-state index contributed by atoms with van der Waals surface area (Å²) in [6.07, 6.45) is 5.04. The molecule has 2 fully saturated rings. The zero-order valence-electron chi connectivity index (χ0n) is 21.2. The Morgan fingerprint density at radius 2 is 1.91 bits per heavy atom. The standard InChI is InChI=1S/C27H39N5OSi/c1-27-18-30(16-22-8-6-5-7-9-22)17-23(27)10-12-31(19-27)25-24-11-13-32(26(24)29-20-28-25)21-33-14-15-34(2,3)4/h5-9,11,13,20,23H,10,12,14-19,21H2,1-4H3. The average molecular weight is 478 g/mol. The lowest BCUT2D eigenvalue weighted by Crippen LogP contribution is -2.47. The van der Waals surface area contributed by atoms with Gasteiger partial charge in [-0.3, -0.25) is 4.90 Å². The summed E-state index contributed by atoms with van der Waals surface area (Å²) in [5.74, 6) is 1.82. The van der Waals surface area contributed by atoms with Crippen LogP contribution in [0.3, 0.4) is 0 Å². The van der Waals surface area contributed by atoms with Crippen LogP contribution in [0.15, 0.2) is 48.9 Å². The van der Waals surface area contributed by atoms with Gasteiger partial charge in [0.2, 0.25) is 0 Å². The number of rotatable bonds is 8. The van der Waals surface area contributed by atoms with E-state index in [4.69, 9.17) is 9.72 Å². The quantitative estimate of drug-likeness (QED) is 0.334. The second kappa shape index (κ2) is 9.44. The molecule has 0 spiro atoms. The molecule has 4 heterocycles. The van der Waals surface area contributed by atoms with Gasteiger partial charge >= 0.3 is 0 Å². The maximum Gasteiger partial charge on any atom is 0.147 e. The van der Waals surface area contributed by atoms with Crippen molar-refractivity contribution >= 4 is 24.9 Å². The van der Waals surface area contributed by atoms with Gasteiger partial charge in [0, 0.05) is 59.0 Å². The van der Waals surface area contributed by atoms with Crippen LogP contribution < -0.4 is 4.90 Å². The number of hydrogen-bond donors (Lipinski definition) is 0. The minimum atomic E-state index is -1.08. The second-order valence-corrected chi connectivity index (χ2v) is 17.4. The van der Waals surface area contributed by atoms with Gasteiger partial charge in [-0.15, -0.1) is 0 Å². The predicted octanol–water partition coefficient (Wildman–Crippen LogP) is 5.09. The molecule has 0 radical (unpaired) electrons. The van der Waals surface area contributed by atoms with E-state index in [1.807, 2.05) is 0 Å². The Bertz CT molecular complexity index is 1110. The van der Waals surface area contributed by atoms with Gasteiger partial charge < -0.3 is 14.2 Å². The van der Waals surface area contributed by atoms with Crippen LogP contribution in [0.2, 0.25) is 25.7 Å². The lowest BCUT2D eigenvalue weighted by molar-refractivity contribution is 0.0899. The number of fused-ring (bicyclic) bond motifs is 2. The molecule has 0 aliphatic carbocycles. The maximum atomic E-state index is 6.00. The minimum absolute atomic E-state index is 0.285. The van der Waals surface area contributed by atoms with Crippen molar-refractivity contribution in [2.75, 3.05) is 37.7 Å². The zero-order valence-corrected chi connectivity index (χ0v) is 22.2. The van der Waals surface area contributed by atoms with Gasteiger partial charge in [-0.1, -0.05) is 56.9 Å². The average Bonchev–Trinajstić information content (AvgIpc) is 3.36. The van der Waals surface area contributed by atoms with E-state index in [0.29, 0.717) is 6.73 Å². The molecule has 7 heteroatoms. The summed E-state index contributed by atoms with van der Waals surface area (Å²) in [6, 6.07) is 14.2. The van der Waals surface area contributed by atoms with E-state index in [1.54, 1.807) is 6.33 Å². The summed E-state index contributed by atoms with van der Waals surface area (Å²) in [5, 5.41) is 1.14. The highest BCUT2D eigenvalue weighted by Gasteiger charge is 2.46. The monoisotopic (exact) mass is 477 g/mol. The van der Waals surface area contributed by atoms with E-state index in [2.05, 4.69) is 88.5 Å². The first kappa shape index (κ1) is 23.5. The molecule has 34 heavy (non-hydrogen) atoms. The van der Waals surface area contributed by atoms with Crippen LogP contribution in [0.25, 0.3) is 11.0 Å². The van der Waals surface area contributed by atoms with Crippen LogP contribution >= 0.6 is 0 Å². The molecule has 2 aliphatic heterocycles. The predicted molar refractivity (Wildman–Crippen MR) is 142 cm³/mol. The molecule has 0 bridgehead atoms. The molecule has 5 rings (SSSR count). The number of likely N-dealkylation sites (tertiary alicyclic amines) is 1. The van der Waals surface area contributed by atoms with Crippen LogP contribution in [-0.4, -0.2) is 60.3 Å². The van der Waals surface area contributed by atoms with E-state index in [9.17, 15) is 0 Å². The first-order valence-electron chi connectivity index (χ1n) is 12.7. The van der Waals surface area contributed by atoms with E-state index in [-0.39, 0.29) is 5.41 Å². The molecule has 3 aromatic rings. The summed E-state index contributed by atoms with van der Waals surface area (Å²) < 4.78 is 8.12. The van der Waals surface area contributed by atoms with Crippen molar-refractivity contribution in [2.45, 2.75) is 52.3 Å². The number of benzene rings is 1. The highest BCUT2D eigenvalue weighted by atomic mass is 28.3. The van der Waals surface area contributed by atoms with Crippen LogP contribution in [0.1, 0.15) is 18.9 Å². The molecule has 2 saturated heterocycles. The molecule has 0 saturated carbocycles. The van der Waals surface area contributed by atoms with E-state index in [0.717, 1.165) is 55.6 Å². The number of aromatic nitrogens is 3. The van der Waals surface area contributed by atoms with Gasteiger partial charge in [0.25, 0.3) is 0 Å². The lowest BCUT2D eigenvalue weighted by Gasteiger charge is -2.42. The van der Waals surface area contributed by atoms with Crippen molar-refractivity contribution in [1.29, 1.82) is 0 Å². The van der Waals surface area contributed by atoms with Crippen molar-refractivity contribution in [3.63, 3.8) is 0 Å². The Morgan fingerprint density at radius 1 is 1.09 bits per heavy atom. The van der Waals surface area contributed by atoms with Crippen molar-refractivity contribution < 1.29 is 4.74 Å². The van der Waals surface area contributed by atoms with E-state index >= 15 is 0 Å². The fourth-order valence-corrected chi connectivity index (χ4v) is 6.47. The minimum Gasteiger partial charge on any atom is -0.361 e. The second-order valence-electron chi connectivity index (χ2n) is 11.8. The SMILES string of the molecule is CC12CN(Cc3ccccc3)CC1CCN(c1ncnc3c1ccn3COCC[Si](C)(C)C)C2. The summed E-state index contributed by atoms with van der Waals surface area (Å²) in [6.45, 7) is 16.5. The molecule has 6 nitrogen and oxygen atoms in total. The molecule has 182 valence electrons. The number of nitrogens with zero attached hydrogens (tertiary/aromatic N) is 5. The molecule has 0 N–H and O–H groups in total. The van der Waals surface area contributed by atoms with Gasteiger partial charge in [-0.25, -0.2) is 9.97 Å². The Balaban J connectivity index is 1.27. The molecule has 2 unspecified atom stereocenters. The third kappa shape index (κ3) is 5.06. The fraction of sp³-hybridized carbons (Fsp3) is 0.556. The smallest absolute Gasteiger partial charge is 0.147 e. The Kier molecular flexibility index (Phi) is 6.53. The summed E-state index contributed by atoms with van der Waals surface area (Å²) in [7, 11) is -1.08. The van der Waals surface area contributed by atoms with Crippen LogP contribution in [0.4, 0.5) is 5.82 Å². The van der Waals surface area contributed by atoms with Crippen LogP contribution in [-0.2, 0) is 18.0 Å². The molecule has 1 aromatic carbocycles. The highest BCUT2D eigenvalue weighted by Crippen LogP contribution is 2.43. The summed E-state index contributed by atoms with van der Waals surface area (Å²) in [5.41, 5.74) is 2.67. The van der Waals surface area contributed by atoms with Crippen LogP contribution in [0.5, 0.6) is 0 Å². The summed E-state index contributed by atoms with van der Waals surface area (Å²) in [4.78, 5) is 14.5. The lowest BCUT2D eigenvalue weighted by atomic mass is 9.75. The Morgan fingerprint density at radius 3 is 2.71 bits per heavy atom. The van der Waals surface area contributed by atoms with Crippen LogP contribution in [0, 0.1) is 11.3 Å². The zero-order chi connectivity index (χ0) is 23.8. The van der Waals surface area contributed by atoms with E-state index < -0.39 is 8.07 Å². The third-order valence-electron chi connectivity index (χ3n) is 7.66. The molecule has 2 atom stereocenters. The number of ether oxygens (including phenoxy) is 1. The first-order chi connectivity index (χ1) is 16.3. The molecular formula is C27H39N5OSi. The summed E-state index contributed by atoms with van der Waals surface area (Å²) >= 11 is 0. The third-order valence-corrected chi connectivity index (χ3v) is 9.36. The van der Waals surface area contributed by atoms with Gasteiger partial charge in [0.15, 0.2) is 0 Å². The molecular weight excluding hydrogens is 438 g/mol. The topological polar surface area (TPSA) is 46.4 Å². The molecule has 2 aliphatic rings. The molecule has 0 amide bonds. The van der Waals surface area contributed by atoms with Gasteiger partial charge in [0.1, 0.15) is 24.5 Å². The molecule has 2 aromatic heterocycles. The van der Waals surface area contributed by atoms with Gasteiger partial charge in [-0.05, 0) is 30.0 Å². The van der Waals surface area contributed by atoms with Gasteiger partial charge in [-0.2, -0.15) is 0 Å². The van der Waals surface area contributed by atoms with Crippen molar-refractivity contribution in [3.8, 4) is 0 Å². The number of hydrogen-bond acceptors (Lipinski definition) is 5.